The van der Waals surface area contributed by atoms with Crippen molar-refractivity contribution in [2.45, 2.75) is 44.6 Å². The number of rotatable bonds is 8. The average Bonchev–Trinajstić information content (AvgIpc) is 3.71. The number of ether oxygens (including phenoxy) is 1. The number of nitrogens with zero attached hydrogens (tertiary/aromatic N) is 7. The molecule has 0 radical (unpaired) electrons. The van der Waals surface area contributed by atoms with Crippen LogP contribution in [0, 0.1) is 23.2 Å². The Hall–Kier alpha value is -4.95. The first-order valence-electron chi connectivity index (χ1n) is 16.3. The van der Waals surface area contributed by atoms with Crippen LogP contribution in [0.25, 0.3) is 33.5 Å². The van der Waals surface area contributed by atoms with Gasteiger partial charge in [-0.05, 0) is 55.5 Å². The van der Waals surface area contributed by atoms with E-state index in [4.69, 9.17) is 15.5 Å². The first kappa shape index (κ1) is 29.5. The van der Waals surface area contributed by atoms with Gasteiger partial charge in [0.1, 0.15) is 23.5 Å². The smallest absolute Gasteiger partial charge is 0.254 e. The van der Waals surface area contributed by atoms with Crippen molar-refractivity contribution in [2.75, 3.05) is 38.2 Å². The molecule has 2 N–H and O–H groups in total. The van der Waals surface area contributed by atoms with Crippen molar-refractivity contribution in [1.82, 2.24) is 24.0 Å². The fourth-order valence-corrected chi connectivity index (χ4v) is 7.27. The van der Waals surface area contributed by atoms with E-state index in [0.29, 0.717) is 47.3 Å². The minimum atomic E-state index is -1.15. The van der Waals surface area contributed by atoms with E-state index in [1.165, 1.54) is 23.3 Å². The predicted octanol–water partition coefficient (Wildman–Crippen LogP) is 4.99. The number of hydrogen-bond donors (Lipinski definition) is 1. The van der Waals surface area contributed by atoms with Crippen molar-refractivity contribution in [1.29, 1.82) is 5.26 Å². The summed E-state index contributed by atoms with van der Waals surface area (Å²) in [5.74, 6) is 2.06. The molecule has 10 nitrogen and oxygen atoms in total. The van der Waals surface area contributed by atoms with Crippen LogP contribution in [-0.2, 0) is 13.1 Å². The van der Waals surface area contributed by atoms with E-state index in [0.717, 1.165) is 47.7 Å². The molecule has 2 aromatic carbocycles. The Morgan fingerprint density at radius 3 is 2.62 bits per heavy atom. The van der Waals surface area contributed by atoms with Gasteiger partial charge in [-0.1, -0.05) is 18.2 Å². The summed E-state index contributed by atoms with van der Waals surface area (Å²) in [4.78, 5) is 26.9. The number of pyridine rings is 1. The lowest BCUT2D eigenvalue weighted by atomic mass is 9.98. The number of carbonyl (C=O) groups excluding carboxylic acids is 1. The van der Waals surface area contributed by atoms with Crippen LogP contribution in [0.15, 0.2) is 60.9 Å². The largest absolute Gasteiger partial charge is 0.494 e. The van der Waals surface area contributed by atoms with Crippen LogP contribution in [0.5, 0.6) is 5.75 Å². The number of anilines is 1. The van der Waals surface area contributed by atoms with Crippen LogP contribution in [0.1, 0.15) is 35.2 Å². The van der Waals surface area contributed by atoms with Crippen molar-refractivity contribution in [2.24, 2.45) is 17.6 Å². The van der Waals surface area contributed by atoms with Crippen LogP contribution in [0.2, 0.25) is 0 Å². The summed E-state index contributed by atoms with van der Waals surface area (Å²) >= 11 is 0. The first-order chi connectivity index (χ1) is 22.9. The molecule has 3 aromatic heterocycles. The quantitative estimate of drug-likeness (QED) is 0.256. The van der Waals surface area contributed by atoms with Gasteiger partial charge >= 0.3 is 0 Å². The summed E-state index contributed by atoms with van der Waals surface area (Å²) in [6.07, 6.45) is 4.93. The minimum Gasteiger partial charge on any atom is -0.494 e. The number of fused-ring (bicyclic) bond motifs is 2. The summed E-state index contributed by atoms with van der Waals surface area (Å²) in [5, 5.41) is 10.5. The molecule has 1 aliphatic carbocycles. The first-order valence-corrected chi connectivity index (χ1v) is 16.3. The summed E-state index contributed by atoms with van der Waals surface area (Å²) in [5.41, 5.74) is 11.7. The number of carbonyl (C=O) groups is 1. The molecule has 47 heavy (non-hydrogen) atoms. The highest BCUT2D eigenvalue weighted by atomic mass is 19.1. The van der Waals surface area contributed by atoms with Crippen molar-refractivity contribution in [3.05, 3.63) is 72.1 Å². The van der Waals surface area contributed by atoms with Crippen LogP contribution in [-0.4, -0.2) is 75.4 Å². The average molecular weight is 633 g/mol. The molecule has 5 heterocycles. The third-order valence-electron chi connectivity index (χ3n) is 9.79. The number of benzene rings is 2. The molecule has 1 saturated carbocycles. The van der Waals surface area contributed by atoms with E-state index in [2.05, 4.69) is 55.4 Å². The number of methoxy groups -OCH3 is 1. The third kappa shape index (κ3) is 5.46. The van der Waals surface area contributed by atoms with E-state index in [1.54, 1.807) is 25.6 Å². The Morgan fingerprint density at radius 1 is 1.04 bits per heavy atom. The number of halogens is 1. The van der Waals surface area contributed by atoms with Gasteiger partial charge in [-0.2, -0.15) is 5.26 Å². The Labute approximate surface area is 272 Å². The number of piperidine rings is 1. The fraction of sp³-hybridized carbons (Fsp3) is 0.389. The van der Waals surface area contributed by atoms with Crippen molar-refractivity contribution in [3.8, 4) is 23.3 Å². The summed E-state index contributed by atoms with van der Waals surface area (Å²) < 4.78 is 25.0. The van der Waals surface area contributed by atoms with Gasteiger partial charge in [-0.15, -0.1) is 0 Å². The van der Waals surface area contributed by atoms with Gasteiger partial charge in [-0.25, -0.2) is 9.37 Å². The number of imidazole rings is 1. The van der Waals surface area contributed by atoms with Gasteiger partial charge in [0.05, 0.1) is 42.3 Å². The maximum absolute atomic E-state index is 14.4. The minimum absolute atomic E-state index is 0.0266. The highest BCUT2D eigenvalue weighted by Crippen LogP contribution is 2.39. The Kier molecular flexibility index (Phi) is 7.33. The van der Waals surface area contributed by atoms with E-state index in [9.17, 15) is 14.4 Å². The molecule has 2 saturated heterocycles. The molecule has 11 heteroatoms. The second-order valence-corrected chi connectivity index (χ2v) is 13.4. The Balaban J connectivity index is 1.21. The second-order valence-electron chi connectivity index (χ2n) is 13.4. The van der Waals surface area contributed by atoms with Crippen LogP contribution in [0.3, 0.4) is 0 Å². The standard InChI is InChI=1S/C36H37FN8O2/c1-47-33-11-26(36(46)43-20-27(37)12-28(39)21-43)9-30-34(33)45(19-24-16-42(17-24)29-8-23(13-38)14-40-15-29)35(41-30)32-10-25-4-2-3-5-31(25)44(32)18-22-6-7-22/h2-5,8-11,14-15,22,24,27-28H,6-7,12,16-21,39H2,1H3/t27-,28-/m1/s1. The van der Waals surface area contributed by atoms with Crippen LogP contribution in [0.4, 0.5) is 10.1 Å². The molecule has 1 amide bonds. The Morgan fingerprint density at radius 2 is 1.85 bits per heavy atom. The second kappa shape index (κ2) is 11.7. The number of nitrogens with two attached hydrogens (primary N) is 1. The number of alkyl halides is 1. The number of para-hydroxylation sites is 1. The zero-order valence-electron chi connectivity index (χ0n) is 26.3. The van der Waals surface area contributed by atoms with Gasteiger partial charge in [0.2, 0.25) is 0 Å². The van der Waals surface area contributed by atoms with Gasteiger partial charge < -0.3 is 29.4 Å². The molecular formula is C36H37FN8O2. The van der Waals surface area contributed by atoms with Crippen molar-refractivity contribution >= 4 is 33.5 Å². The van der Waals surface area contributed by atoms with Crippen LogP contribution >= 0.6 is 0 Å². The third-order valence-corrected chi connectivity index (χ3v) is 9.79. The number of likely N-dealkylation sites (tertiary alicyclic amines) is 1. The monoisotopic (exact) mass is 632 g/mol. The molecule has 2 aliphatic heterocycles. The van der Waals surface area contributed by atoms with Gasteiger partial charge in [0.15, 0.2) is 5.82 Å². The topological polar surface area (TPSA) is 118 Å². The normalized spacial score (nSPS) is 20.0. The van der Waals surface area contributed by atoms with Gasteiger partial charge in [0.25, 0.3) is 5.91 Å². The van der Waals surface area contributed by atoms with Crippen molar-refractivity contribution < 1.29 is 13.9 Å². The number of aromatic nitrogens is 4. The lowest BCUT2D eigenvalue weighted by molar-refractivity contribution is 0.0606. The number of nitriles is 1. The maximum Gasteiger partial charge on any atom is 0.254 e. The van der Waals surface area contributed by atoms with E-state index >= 15 is 0 Å². The van der Waals surface area contributed by atoms with E-state index in [1.807, 2.05) is 12.1 Å². The maximum atomic E-state index is 14.4. The molecule has 0 spiro atoms. The highest BCUT2D eigenvalue weighted by molar-refractivity contribution is 6.00. The summed E-state index contributed by atoms with van der Waals surface area (Å²) in [6.45, 7) is 3.56. The van der Waals surface area contributed by atoms with E-state index in [-0.39, 0.29) is 18.9 Å². The predicted molar refractivity (Wildman–Crippen MR) is 178 cm³/mol. The zero-order valence-corrected chi connectivity index (χ0v) is 26.3. The molecule has 8 rings (SSSR count). The van der Waals surface area contributed by atoms with Crippen LogP contribution < -0.4 is 15.4 Å². The lowest BCUT2D eigenvalue weighted by Crippen LogP contribution is -2.50. The molecule has 240 valence electrons. The lowest BCUT2D eigenvalue weighted by Gasteiger charge is -2.41. The fourth-order valence-electron chi connectivity index (χ4n) is 7.27. The van der Waals surface area contributed by atoms with Gasteiger partial charge in [-0.3, -0.25) is 9.78 Å². The van der Waals surface area contributed by atoms with Gasteiger partial charge in [0, 0.05) is 67.3 Å². The highest BCUT2D eigenvalue weighted by Gasteiger charge is 2.33. The molecule has 2 atom stereocenters. The Bertz CT molecular complexity index is 2030. The number of hydrogen-bond acceptors (Lipinski definition) is 7. The molecule has 0 unspecified atom stereocenters. The van der Waals surface area contributed by atoms with E-state index < -0.39 is 12.2 Å². The summed E-state index contributed by atoms with van der Waals surface area (Å²) in [6, 6.07) is 17.9. The molecular weight excluding hydrogens is 595 g/mol. The molecule has 5 aromatic rings. The molecule has 3 fully saturated rings. The molecule has 0 bridgehead atoms. The van der Waals surface area contributed by atoms with Crippen molar-refractivity contribution in [3.63, 3.8) is 0 Å². The SMILES string of the molecule is COc1cc(C(=O)N2C[C@H](N)C[C@@H](F)C2)cc2nc(-c3cc4ccccc4n3CC3CC3)n(CC3CN(c4cncc(C#N)c4)C3)c12. The summed E-state index contributed by atoms with van der Waals surface area (Å²) in [7, 11) is 1.61. The zero-order chi connectivity index (χ0) is 32.2. The molecule has 3 aliphatic rings. The number of amides is 1.